The van der Waals surface area contributed by atoms with Crippen molar-refractivity contribution in [1.29, 1.82) is 0 Å². The van der Waals surface area contributed by atoms with E-state index in [4.69, 9.17) is 4.74 Å². The van der Waals surface area contributed by atoms with Crippen molar-refractivity contribution in [3.05, 3.63) is 107 Å². The molecule has 2 aliphatic heterocycles. The van der Waals surface area contributed by atoms with Gasteiger partial charge in [-0.3, -0.25) is 9.59 Å². The van der Waals surface area contributed by atoms with Gasteiger partial charge in [-0.2, -0.15) is 13.2 Å². The summed E-state index contributed by atoms with van der Waals surface area (Å²) in [5.41, 5.74) is 3.20. The van der Waals surface area contributed by atoms with Crippen LogP contribution in [0.15, 0.2) is 95.7 Å². The highest BCUT2D eigenvalue weighted by molar-refractivity contribution is 8.03. The smallest absolute Gasteiger partial charge is 0.378 e. The van der Waals surface area contributed by atoms with Gasteiger partial charge in [-0.15, -0.1) is 11.8 Å². The molecule has 6 rings (SSSR count). The maximum Gasteiger partial charge on any atom is 0.405 e. The number of amides is 2. The first-order valence-corrected chi connectivity index (χ1v) is 17.6. The van der Waals surface area contributed by atoms with Crippen LogP contribution in [0.2, 0.25) is 0 Å². The van der Waals surface area contributed by atoms with Crippen molar-refractivity contribution in [1.82, 2.24) is 10.6 Å². The molecule has 0 radical (unpaired) electrons. The predicted octanol–water partition coefficient (Wildman–Crippen LogP) is 6.93. The Hall–Kier alpha value is -3.96. The van der Waals surface area contributed by atoms with E-state index in [9.17, 15) is 22.8 Å². The molecule has 3 unspecified atom stereocenters. The lowest BCUT2D eigenvalue weighted by Crippen LogP contribution is -2.50. The highest BCUT2D eigenvalue weighted by Crippen LogP contribution is 2.55. The van der Waals surface area contributed by atoms with Crippen molar-refractivity contribution in [2.45, 2.75) is 49.6 Å². The summed E-state index contributed by atoms with van der Waals surface area (Å²) in [5.74, 6) is -0.135. The minimum atomic E-state index is -4.48. The van der Waals surface area contributed by atoms with Gasteiger partial charge in [0.2, 0.25) is 5.91 Å². The monoisotopic (exact) mass is 678 g/mol. The molecule has 0 spiro atoms. The maximum atomic E-state index is 13.7. The summed E-state index contributed by atoms with van der Waals surface area (Å²) in [5, 5.41) is 9.54. The number of nitrogens with zero attached hydrogens (tertiary/aromatic N) is 1. The first-order valence-electron chi connectivity index (χ1n) is 16.6. The fourth-order valence-electron chi connectivity index (χ4n) is 7.24. The van der Waals surface area contributed by atoms with Crippen LogP contribution in [0, 0.1) is 5.92 Å². The Morgan fingerprint density at radius 2 is 1.77 bits per heavy atom. The first-order chi connectivity index (χ1) is 23.3. The van der Waals surface area contributed by atoms with Gasteiger partial charge in [0, 0.05) is 43.1 Å². The Morgan fingerprint density at radius 3 is 2.56 bits per heavy atom. The molecule has 2 heterocycles. The number of carbonyl (C=O) groups is 2. The van der Waals surface area contributed by atoms with Crippen LogP contribution in [0.1, 0.15) is 49.1 Å². The Kier molecular flexibility index (Phi) is 10.7. The van der Waals surface area contributed by atoms with E-state index in [0.717, 1.165) is 59.2 Å². The summed E-state index contributed by atoms with van der Waals surface area (Å²) in [7, 11) is 0. The molecular weight excluding hydrogens is 637 g/mol. The number of unbranched alkanes of at least 4 members (excludes halogenated alkanes) is 2. The molecule has 2 aliphatic carbocycles. The summed E-state index contributed by atoms with van der Waals surface area (Å²) >= 11 is 1.67. The predicted molar refractivity (Wildman–Crippen MR) is 185 cm³/mol. The van der Waals surface area contributed by atoms with Crippen molar-refractivity contribution in [3.8, 4) is 0 Å². The number of fused-ring (bicyclic) bond motifs is 3. The van der Waals surface area contributed by atoms with Gasteiger partial charge in [0.1, 0.15) is 6.54 Å². The maximum absolute atomic E-state index is 13.7. The average Bonchev–Trinajstić information content (AvgIpc) is 3.40. The van der Waals surface area contributed by atoms with Crippen LogP contribution < -0.4 is 20.9 Å². The molecule has 0 bridgehead atoms. The molecule has 7 nitrogen and oxygen atoms in total. The Labute approximate surface area is 283 Å². The summed E-state index contributed by atoms with van der Waals surface area (Å²) in [6.45, 7) is 1.55. The van der Waals surface area contributed by atoms with E-state index in [0.29, 0.717) is 38.0 Å². The standard InChI is InChI=1S/C37H41F3N4O3S/c38-37(39,40)25-42-35(46)36(29-12-4-2-10-27(29)28-11-3-5-13-30(28)36)18-8-1-9-23-48-33-17-16-26(24-41-33)34(45)43-31-14-6-7-15-32(31)44-19-21-47-22-20-44/h2-7,10-15,17,24,27,29,41H,1,8-9,16,18-23,25H2,(H,42,46)(H,43,45). The number of alkyl halides is 3. The number of hydrogen-bond acceptors (Lipinski definition) is 6. The number of hydrogen-bond donors (Lipinski definition) is 3. The van der Waals surface area contributed by atoms with Crippen LogP contribution in [0.4, 0.5) is 24.5 Å². The van der Waals surface area contributed by atoms with Gasteiger partial charge in [-0.05, 0) is 47.9 Å². The topological polar surface area (TPSA) is 82.7 Å². The zero-order valence-electron chi connectivity index (χ0n) is 26.7. The molecule has 2 aromatic rings. The third-order valence-corrected chi connectivity index (χ3v) is 10.6. The normalized spacial score (nSPS) is 23.0. The number of halogens is 3. The molecule has 254 valence electrons. The Bertz CT molecular complexity index is 1610. The molecule has 48 heavy (non-hydrogen) atoms. The SMILES string of the molecule is O=C(Nc1ccccc1N1CCOCC1)C1=CNC(SCCCCCC2(C(=O)NCC(F)(F)F)c3ccccc3C3C=CC=CC32)=CC1. The van der Waals surface area contributed by atoms with E-state index < -0.39 is 24.0 Å². The number of benzene rings is 2. The van der Waals surface area contributed by atoms with E-state index in [-0.39, 0.29) is 17.7 Å². The van der Waals surface area contributed by atoms with Crippen molar-refractivity contribution >= 4 is 35.0 Å². The van der Waals surface area contributed by atoms with Gasteiger partial charge in [0.05, 0.1) is 35.0 Å². The van der Waals surface area contributed by atoms with Crippen LogP contribution in [-0.2, 0) is 19.7 Å². The number of allylic oxidation sites excluding steroid dienone is 5. The number of rotatable bonds is 12. The lowest BCUT2D eigenvalue weighted by atomic mass is 9.67. The minimum absolute atomic E-state index is 0.0396. The van der Waals surface area contributed by atoms with Crippen LogP contribution in [0.5, 0.6) is 0 Å². The van der Waals surface area contributed by atoms with Gasteiger partial charge in [-0.25, -0.2) is 0 Å². The third kappa shape index (κ3) is 7.52. The van der Waals surface area contributed by atoms with Crippen molar-refractivity contribution in [2.24, 2.45) is 5.92 Å². The number of anilines is 2. The largest absolute Gasteiger partial charge is 0.405 e. The number of nitrogens with one attached hydrogen (secondary N) is 3. The highest BCUT2D eigenvalue weighted by atomic mass is 32.2. The van der Waals surface area contributed by atoms with Crippen molar-refractivity contribution in [2.75, 3.05) is 48.8 Å². The van der Waals surface area contributed by atoms with Crippen molar-refractivity contribution < 1.29 is 27.5 Å². The zero-order valence-corrected chi connectivity index (χ0v) is 27.5. The number of thioether (sulfide) groups is 1. The fraction of sp³-hybridized carbons (Fsp3) is 0.405. The number of ether oxygens (including phenoxy) is 1. The number of carbonyl (C=O) groups excluding carboxylic acids is 2. The van der Waals surface area contributed by atoms with Gasteiger partial charge >= 0.3 is 6.18 Å². The van der Waals surface area contributed by atoms with E-state index in [1.807, 2.05) is 72.8 Å². The van der Waals surface area contributed by atoms with Crippen LogP contribution in [0.3, 0.4) is 0 Å². The molecule has 2 amide bonds. The quantitative estimate of drug-likeness (QED) is 0.211. The highest BCUT2D eigenvalue weighted by Gasteiger charge is 2.55. The summed E-state index contributed by atoms with van der Waals surface area (Å²) in [6.07, 6.45) is 10.6. The first kappa shape index (κ1) is 33.9. The third-order valence-electron chi connectivity index (χ3n) is 9.52. The molecule has 0 aromatic heterocycles. The van der Waals surface area contributed by atoms with Gasteiger partial charge in [0.15, 0.2) is 0 Å². The second kappa shape index (κ2) is 15.1. The summed E-state index contributed by atoms with van der Waals surface area (Å²) in [4.78, 5) is 29.0. The molecule has 3 atom stereocenters. The molecule has 1 fully saturated rings. The average molecular weight is 679 g/mol. The van der Waals surface area contributed by atoms with Gasteiger partial charge in [0.25, 0.3) is 5.91 Å². The van der Waals surface area contributed by atoms with E-state index in [1.165, 1.54) is 0 Å². The van der Waals surface area contributed by atoms with Crippen molar-refractivity contribution in [3.63, 3.8) is 0 Å². The molecule has 11 heteroatoms. The summed E-state index contributed by atoms with van der Waals surface area (Å²) < 4.78 is 44.9. The minimum Gasteiger partial charge on any atom is -0.378 e. The lowest BCUT2D eigenvalue weighted by Gasteiger charge is -2.36. The van der Waals surface area contributed by atoms with Crippen LogP contribution in [-0.4, -0.2) is 56.6 Å². The summed E-state index contributed by atoms with van der Waals surface area (Å²) in [6, 6.07) is 15.5. The van der Waals surface area contributed by atoms with E-state index in [2.05, 4.69) is 26.9 Å². The molecule has 3 N–H and O–H groups in total. The molecule has 2 aromatic carbocycles. The zero-order chi connectivity index (χ0) is 33.6. The Morgan fingerprint density at radius 1 is 1.00 bits per heavy atom. The van der Waals surface area contributed by atoms with Gasteiger partial charge in [-0.1, -0.05) is 73.5 Å². The second-order valence-corrected chi connectivity index (χ2v) is 13.6. The lowest BCUT2D eigenvalue weighted by molar-refractivity contribution is -0.143. The molecular formula is C37H41F3N4O3S. The molecule has 0 saturated carbocycles. The number of morpholine rings is 1. The Balaban J connectivity index is 1.00. The van der Waals surface area contributed by atoms with E-state index >= 15 is 0 Å². The second-order valence-electron chi connectivity index (χ2n) is 12.5. The molecule has 1 saturated heterocycles. The van der Waals surface area contributed by atoms with Crippen LogP contribution >= 0.6 is 11.8 Å². The van der Waals surface area contributed by atoms with Crippen LogP contribution in [0.25, 0.3) is 0 Å². The van der Waals surface area contributed by atoms with Gasteiger partial charge < -0.3 is 25.6 Å². The van der Waals surface area contributed by atoms with E-state index in [1.54, 1.807) is 18.0 Å². The number of dihydropyridines is 1. The number of para-hydroxylation sites is 2. The fourth-order valence-corrected chi connectivity index (χ4v) is 8.15. The molecule has 4 aliphatic rings.